The molecule has 5 nitrogen and oxygen atoms in total. The molecule has 0 radical (unpaired) electrons. The Morgan fingerprint density at radius 2 is 1.24 bits per heavy atom. The van der Waals surface area contributed by atoms with E-state index in [1.807, 2.05) is 0 Å². The molecule has 0 spiro atoms. The highest BCUT2D eigenvalue weighted by Crippen LogP contribution is 2.77. The summed E-state index contributed by atoms with van der Waals surface area (Å²) in [6.07, 6.45) is 6.53. The number of hydrogen-bond donors (Lipinski definition) is 0. The third-order valence-corrected chi connectivity index (χ3v) is 5.28. The summed E-state index contributed by atoms with van der Waals surface area (Å²) in [6, 6.07) is 0. The van der Waals surface area contributed by atoms with E-state index in [0.29, 0.717) is 0 Å². The van der Waals surface area contributed by atoms with E-state index in [1.54, 1.807) is 0 Å². The Bertz CT molecular complexity index is 394. The van der Waals surface area contributed by atoms with Gasteiger partial charge in [0.1, 0.15) is 12.2 Å². The van der Waals surface area contributed by atoms with Gasteiger partial charge in [-0.25, -0.2) is 0 Å². The Kier molecular flexibility index (Phi) is 1.08. The van der Waals surface area contributed by atoms with Gasteiger partial charge >= 0.3 is 0 Å². The first kappa shape index (κ1) is 8.82. The average molecular weight is 238 g/mol. The predicted octanol–water partition coefficient (Wildman–Crippen LogP) is 1.01. The fourth-order valence-electron chi connectivity index (χ4n) is 4.13. The lowest BCUT2D eigenvalue weighted by Gasteiger charge is -2.25. The Balaban J connectivity index is 1.26. The minimum Gasteiger partial charge on any atom is -0.363 e. The zero-order valence-electron chi connectivity index (χ0n) is 9.44. The molecule has 6 aliphatic rings. The normalized spacial score (nSPS) is 72.7. The Hall–Kier alpha value is -0.200. The van der Waals surface area contributed by atoms with Gasteiger partial charge in [-0.05, 0) is 25.7 Å². The van der Waals surface area contributed by atoms with Crippen molar-refractivity contribution >= 4 is 0 Å². The maximum atomic E-state index is 6.22. The van der Waals surface area contributed by atoms with Crippen molar-refractivity contribution in [3.8, 4) is 0 Å². The van der Waals surface area contributed by atoms with E-state index in [2.05, 4.69) is 0 Å². The Morgan fingerprint density at radius 3 is 1.71 bits per heavy atom. The highest BCUT2D eigenvalue weighted by Gasteiger charge is 2.97. The van der Waals surface area contributed by atoms with E-state index in [1.165, 1.54) is 0 Å². The summed E-state index contributed by atoms with van der Waals surface area (Å²) in [5.74, 6) is -1.22. The van der Waals surface area contributed by atoms with Crippen LogP contribution in [0.5, 0.6) is 0 Å². The zero-order chi connectivity index (χ0) is 10.9. The van der Waals surface area contributed by atoms with Crippen molar-refractivity contribution in [1.29, 1.82) is 0 Å². The molecule has 0 aromatic heterocycles. The molecule has 17 heavy (non-hydrogen) atoms. The van der Waals surface area contributed by atoms with Crippen LogP contribution >= 0.6 is 0 Å². The van der Waals surface area contributed by atoms with Crippen LogP contribution in [0.15, 0.2) is 0 Å². The maximum absolute atomic E-state index is 6.22. The van der Waals surface area contributed by atoms with Crippen LogP contribution < -0.4 is 0 Å². The molecule has 92 valence electrons. The second kappa shape index (κ2) is 2.08. The van der Waals surface area contributed by atoms with E-state index in [0.717, 1.165) is 38.5 Å². The number of hydrogen-bond acceptors (Lipinski definition) is 5. The summed E-state index contributed by atoms with van der Waals surface area (Å²) in [5, 5.41) is 0. The van der Waals surface area contributed by atoms with Crippen LogP contribution in [-0.2, 0) is 23.7 Å². The van der Waals surface area contributed by atoms with Crippen molar-refractivity contribution in [3.63, 3.8) is 0 Å². The van der Waals surface area contributed by atoms with Crippen LogP contribution in [0.1, 0.15) is 38.5 Å². The molecule has 0 bridgehead atoms. The summed E-state index contributed by atoms with van der Waals surface area (Å²) in [7, 11) is 0. The van der Waals surface area contributed by atoms with Gasteiger partial charge in [-0.3, -0.25) is 0 Å². The van der Waals surface area contributed by atoms with E-state index in [-0.39, 0.29) is 35.4 Å². The smallest absolute Gasteiger partial charge is 0.256 e. The van der Waals surface area contributed by atoms with Crippen molar-refractivity contribution in [2.24, 2.45) is 0 Å². The number of rotatable bonds is 2. The van der Waals surface area contributed by atoms with Gasteiger partial charge in [0.2, 0.25) is 11.6 Å². The molecule has 2 aliphatic carbocycles. The van der Waals surface area contributed by atoms with Gasteiger partial charge in [-0.1, -0.05) is 0 Å². The van der Waals surface area contributed by atoms with Gasteiger partial charge in [0, 0.05) is 12.8 Å². The van der Waals surface area contributed by atoms with Gasteiger partial charge in [0.25, 0.3) is 11.6 Å². The van der Waals surface area contributed by atoms with Crippen LogP contribution in [0.25, 0.3) is 0 Å². The van der Waals surface area contributed by atoms with Crippen molar-refractivity contribution in [1.82, 2.24) is 0 Å². The van der Waals surface area contributed by atoms with E-state index < -0.39 is 0 Å². The first-order chi connectivity index (χ1) is 8.25. The largest absolute Gasteiger partial charge is 0.363 e. The quantitative estimate of drug-likeness (QED) is 0.672. The first-order valence-corrected chi connectivity index (χ1v) is 6.71. The maximum Gasteiger partial charge on any atom is 0.256 e. The second-order valence-corrected chi connectivity index (χ2v) is 6.15. The summed E-state index contributed by atoms with van der Waals surface area (Å²) < 4.78 is 28.9. The summed E-state index contributed by atoms with van der Waals surface area (Å²) in [6.45, 7) is 0. The van der Waals surface area contributed by atoms with Gasteiger partial charge < -0.3 is 23.7 Å². The lowest BCUT2D eigenvalue weighted by molar-refractivity contribution is -0.191. The lowest BCUT2D eigenvalue weighted by Crippen LogP contribution is -2.37. The molecule has 6 rings (SSSR count). The Morgan fingerprint density at radius 1 is 0.765 bits per heavy atom. The fraction of sp³-hybridized carbons (Fsp3) is 1.00. The van der Waals surface area contributed by atoms with Crippen molar-refractivity contribution in [2.45, 2.75) is 73.9 Å². The highest BCUT2D eigenvalue weighted by atomic mass is 17.1. The molecule has 0 N–H and O–H groups in total. The molecule has 0 aromatic carbocycles. The van der Waals surface area contributed by atoms with Crippen LogP contribution in [0.2, 0.25) is 0 Å². The molecular weight excluding hydrogens is 224 g/mol. The number of ether oxygens (including phenoxy) is 5. The molecule has 4 heterocycles. The van der Waals surface area contributed by atoms with Crippen molar-refractivity contribution in [2.75, 3.05) is 0 Å². The lowest BCUT2D eigenvalue weighted by atomic mass is 9.95. The van der Waals surface area contributed by atoms with Crippen molar-refractivity contribution < 1.29 is 23.7 Å². The highest BCUT2D eigenvalue weighted by molar-refractivity contribution is 5.27. The molecule has 2 saturated carbocycles. The molecule has 2 unspecified atom stereocenters. The molecule has 4 saturated heterocycles. The topological polar surface area (TPSA) is 59.4 Å². The second-order valence-electron chi connectivity index (χ2n) is 6.15. The van der Waals surface area contributed by atoms with Gasteiger partial charge in [-0.15, -0.1) is 0 Å². The van der Waals surface area contributed by atoms with E-state index in [4.69, 9.17) is 23.7 Å². The molecular formula is C12H14O5. The van der Waals surface area contributed by atoms with Crippen LogP contribution in [0, 0.1) is 0 Å². The minimum atomic E-state index is -0.369. The Labute approximate surface area is 98.3 Å². The van der Waals surface area contributed by atoms with Crippen molar-refractivity contribution in [3.05, 3.63) is 0 Å². The zero-order valence-corrected chi connectivity index (χ0v) is 9.44. The molecule has 2 atom stereocenters. The SMILES string of the molecule is C1CC(OC2CCCC34OC23O4)C23OC2(C1)O3. The molecule has 4 aliphatic heterocycles. The average Bonchev–Trinajstić information content (AvgIpc) is 3.10. The van der Waals surface area contributed by atoms with E-state index >= 15 is 0 Å². The summed E-state index contributed by atoms with van der Waals surface area (Å²) >= 11 is 0. The van der Waals surface area contributed by atoms with E-state index in [9.17, 15) is 0 Å². The third-order valence-electron chi connectivity index (χ3n) is 5.28. The summed E-state index contributed by atoms with van der Waals surface area (Å²) in [4.78, 5) is 0. The monoisotopic (exact) mass is 238 g/mol. The summed E-state index contributed by atoms with van der Waals surface area (Å²) in [5.41, 5.74) is 0. The van der Waals surface area contributed by atoms with Gasteiger partial charge in [0.05, 0.1) is 0 Å². The third kappa shape index (κ3) is 0.739. The first-order valence-electron chi connectivity index (χ1n) is 6.71. The van der Waals surface area contributed by atoms with Gasteiger partial charge in [-0.2, -0.15) is 0 Å². The molecule has 0 amide bonds. The van der Waals surface area contributed by atoms with Crippen LogP contribution in [0.3, 0.4) is 0 Å². The molecule has 6 fully saturated rings. The van der Waals surface area contributed by atoms with Crippen LogP contribution in [-0.4, -0.2) is 35.4 Å². The molecule has 5 heteroatoms. The number of epoxide rings is 4. The molecule has 0 aromatic rings. The van der Waals surface area contributed by atoms with Crippen LogP contribution in [0.4, 0.5) is 0 Å². The standard InChI is InChI=1S/C12H14O5/c1-3-7(11-9(5-1,14-11)15-11)13-8-4-2-6-10-12(8,16-10)17-10/h7-8H,1-6H2. The fourth-order valence-corrected chi connectivity index (χ4v) is 4.13. The predicted molar refractivity (Wildman–Crippen MR) is 51.6 cm³/mol. The van der Waals surface area contributed by atoms with Gasteiger partial charge in [0.15, 0.2) is 0 Å². The minimum absolute atomic E-state index is 0.0832.